The Balaban J connectivity index is 2.69. The summed E-state index contributed by atoms with van der Waals surface area (Å²) < 4.78 is 25.7. The fourth-order valence-corrected chi connectivity index (χ4v) is 2.15. The second-order valence-electron chi connectivity index (χ2n) is 3.17. The quantitative estimate of drug-likeness (QED) is 0.587. The fourth-order valence-electron chi connectivity index (χ4n) is 1.43. The molecule has 0 bridgehead atoms. The molecular weight excluding hydrogens is 226 g/mol. The first-order valence-corrected chi connectivity index (χ1v) is 5.90. The van der Waals surface area contributed by atoms with Crippen molar-refractivity contribution >= 4 is 26.9 Å². The minimum atomic E-state index is -3.90. The van der Waals surface area contributed by atoms with Crippen molar-refractivity contribution in [1.29, 1.82) is 0 Å². The summed E-state index contributed by atoms with van der Waals surface area (Å²) in [6, 6.07) is 11.9. The summed E-state index contributed by atoms with van der Waals surface area (Å²) >= 11 is 0. The fraction of sp³-hybridized carbons (Fsp3) is 0. The zero-order chi connectivity index (χ0) is 11.6. The van der Waals surface area contributed by atoms with Gasteiger partial charge in [0.25, 0.3) is 16.1 Å². The van der Waals surface area contributed by atoms with Gasteiger partial charge in [-0.05, 0) is 22.9 Å². The number of hydrogen-bond acceptors (Lipinski definition) is 3. The molecule has 0 saturated heterocycles. The number of fused-ring (bicyclic) bond motifs is 1. The van der Waals surface area contributed by atoms with Crippen LogP contribution in [0.2, 0.25) is 0 Å². The number of carbonyl (C=O) groups excluding carboxylic acids is 1. The SMILES string of the molecule is O=C=NS(=O)(=O)c1ccc2ccccc2c1. The molecule has 0 saturated carbocycles. The summed E-state index contributed by atoms with van der Waals surface area (Å²) in [5.74, 6) is 0. The summed E-state index contributed by atoms with van der Waals surface area (Å²) in [5.41, 5.74) is 0. The molecule has 0 radical (unpaired) electrons. The van der Waals surface area contributed by atoms with Crippen LogP contribution in [0.5, 0.6) is 0 Å². The third kappa shape index (κ3) is 1.86. The Morgan fingerprint density at radius 1 is 1.00 bits per heavy atom. The van der Waals surface area contributed by atoms with E-state index >= 15 is 0 Å². The molecule has 4 nitrogen and oxygen atoms in total. The highest BCUT2D eigenvalue weighted by atomic mass is 32.2. The van der Waals surface area contributed by atoms with Crippen molar-refractivity contribution < 1.29 is 13.2 Å². The van der Waals surface area contributed by atoms with Gasteiger partial charge >= 0.3 is 0 Å². The van der Waals surface area contributed by atoms with Gasteiger partial charge in [0.15, 0.2) is 0 Å². The molecule has 5 heteroatoms. The standard InChI is InChI=1S/C11H7NO3S/c13-8-12-16(14,15)11-6-5-9-3-1-2-4-10(9)7-11/h1-7H. The smallest absolute Gasteiger partial charge is 0.210 e. The third-order valence-corrected chi connectivity index (χ3v) is 3.34. The van der Waals surface area contributed by atoms with Gasteiger partial charge in [-0.2, -0.15) is 8.42 Å². The maximum Gasteiger partial charge on any atom is 0.292 e. The van der Waals surface area contributed by atoms with Crippen LogP contribution in [-0.4, -0.2) is 14.5 Å². The molecular formula is C11H7NO3S. The van der Waals surface area contributed by atoms with Crippen LogP contribution in [0.25, 0.3) is 10.8 Å². The van der Waals surface area contributed by atoms with Gasteiger partial charge in [0.1, 0.15) is 0 Å². The van der Waals surface area contributed by atoms with Crippen LogP contribution in [0, 0.1) is 0 Å². The monoisotopic (exact) mass is 233 g/mol. The topological polar surface area (TPSA) is 63.6 Å². The van der Waals surface area contributed by atoms with E-state index in [1.807, 2.05) is 18.2 Å². The van der Waals surface area contributed by atoms with E-state index in [1.165, 1.54) is 12.1 Å². The van der Waals surface area contributed by atoms with Gasteiger partial charge in [-0.25, -0.2) is 4.79 Å². The van der Waals surface area contributed by atoms with E-state index in [2.05, 4.69) is 4.40 Å². The van der Waals surface area contributed by atoms with Crippen molar-refractivity contribution in [1.82, 2.24) is 0 Å². The van der Waals surface area contributed by atoms with Crippen molar-refractivity contribution in [3.63, 3.8) is 0 Å². The first-order valence-electron chi connectivity index (χ1n) is 4.46. The molecule has 80 valence electrons. The summed E-state index contributed by atoms with van der Waals surface area (Å²) in [4.78, 5) is 9.98. The van der Waals surface area contributed by atoms with Crippen LogP contribution >= 0.6 is 0 Å². The van der Waals surface area contributed by atoms with Crippen LogP contribution < -0.4 is 0 Å². The van der Waals surface area contributed by atoms with Crippen LogP contribution in [0.4, 0.5) is 0 Å². The zero-order valence-electron chi connectivity index (χ0n) is 8.12. The van der Waals surface area contributed by atoms with E-state index in [0.29, 0.717) is 0 Å². The minimum absolute atomic E-state index is 0.00505. The molecule has 0 aliphatic heterocycles. The molecule has 0 aromatic heterocycles. The first-order chi connectivity index (χ1) is 7.63. The number of isocyanates is 1. The largest absolute Gasteiger partial charge is 0.292 e. The predicted octanol–water partition coefficient (Wildman–Crippen LogP) is 1.86. The lowest BCUT2D eigenvalue weighted by Gasteiger charge is -2.00. The average Bonchev–Trinajstić information content (AvgIpc) is 2.28. The number of hydrogen-bond donors (Lipinski definition) is 0. The zero-order valence-corrected chi connectivity index (χ0v) is 8.94. The molecule has 2 rings (SSSR count). The lowest BCUT2D eigenvalue weighted by molar-refractivity contribution is 0.563. The Morgan fingerprint density at radius 3 is 2.38 bits per heavy atom. The molecule has 0 spiro atoms. The van der Waals surface area contributed by atoms with E-state index in [-0.39, 0.29) is 4.90 Å². The van der Waals surface area contributed by atoms with Crippen LogP contribution in [0.1, 0.15) is 0 Å². The minimum Gasteiger partial charge on any atom is -0.210 e. The van der Waals surface area contributed by atoms with Crippen molar-refractivity contribution in [3.05, 3.63) is 42.5 Å². The summed E-state index contributed by atoms with van der Waals surface area (Å²) in [5, 5.41) is 1.71. The molecule has 0 atom stereocenters. The highest BCUT2D eigenvalue weighted by Gasteiger charge is 2.12. The summed E-state index contributed by atoms with van der Waals surface area (Å²) in [6.07, 6.45) is 1.04. The van der Waals surface area contributed by atoms with E-state index in [1.54, 1.807) is 12.1 Å². The van der Waals surface area contributed by atoms with Crippen molar-refractivity contribution in [2.24, 2.45) is 4.40 Å². The average molecular weight is 233 g/mol. The maximum atomic E-state index is 11.4. The Bertz CT molecular complexity index is 685. The first kappa shape index (κ1) is 10.5. The number of benzene rings is 2. The number of nitrogens with zero attached hydrogens (tertiary/aromatic N) is 1. The molecule has 0 N–H and O–H groups in total. The molecule has 0 amide bonds. The highest BCUT2D eigenvalue weighted by Crippen LogP contribution is 2.19. The van der Waals surface area contributed by atoms with Crippen LogP contribution in [0.3, 0.4) is 0 Å². The molecule has 0 heterocycles. The van der Waals surface area contributed by atoms with Gasteiger partial charge in [0, 0.05) is 0 Å². The molecule has 0 fully saturated rings. The van der Waals surface area contributed by atoms with E-state index in [9.17, 15) is 13.2 Å². The van der Waals surface area contributed by atoms with E-state index < -0.39 is 10.0 Å². The van der Waals surface area contributed by atoms with Crippen molar-refractivity contribution in [2.75, 3.05) is 0 Å². The molecule has 2 aromatic carbocycles. The molecule has 2 aromatic rings. The second kappa shape index (κ2) is 3.89. The van der Waals surface area contributed by atoms with Gasteiger partial charge in [-0.1, -0.05) is 34.7 Å². The maximum absolute atomic E-state index is 11.4. The van der Waals surface area contributed by atoms with Gasteiger partial charge in [0.2, 0.25) is 0 Å². The number of rotatable bonds is 2. The van der Waals surface area contributed by atoms with Gasteiger partial charge in [0.05, 0.1) is 4.90 Å². The van der Waals surface area contributed by atoms with Gasteiger partial charge in [-0.15, -0.1) is 0 Å². The molecule has 0 aliphatic carbocycles. The molecule has 0 unspecified atom stereocenters. The lowest BCUT2D eigenvalue weighted by atomic mass is 10.1. The van der Waals surface area contributed by atoms with Gasteiger partial charge < -0.3 is 0 Å². The van der Waals surface area contributed by atoms with Crippen molar-refractivity contribution in [2.45, 2.75) is 4.90 Å². The summed E-state index contributed by atoms with van der Waals surface area (Å²) in [6.45, 7) is 0. The van der Waals surface area contributed by atoms with Crippen molar-refractivity contribution in [3.8, 4) is 0 Å². The van der Waals surface area contributed by atoms with Crippen LogP contribution in [0.15, 0.2) is 51.8 Å². The van der Waals surface area contributed by atoms with Crippen LogP contribution in [-0.2, 0) is 14.8 Å². The Labute approximate surface area is 92.3 Å². The Kier molecular flexibility index (Phi) is 2.56. The molecule has 0 aliphatic rings. The normalized spacial score (nSPS) is 11.0. The predicted molar refractivity (Wildman–Crippen MR) is 59.3 cm³/mol. The third-order valence-electron chi connectivity index (χ3n) is 2.18. The summed E-state index contributed by atoms with van der Waals surface area (Å²) in [7, 11) is -3.90. The van der Waals surface area contributed by atoms with E-state index in [0.717, 1.165) is 16.9 Å². The second-order valence-corrected chi connectivity index (χ2v) is 4.77. The lowest BCUT2D eigenvalue weighted by Crippen LogP contribution is -1.95. The molecule has 16 heavy (non-hydrogen) atoms. The number of sulfonamides is 1. The Hall–Kier alpha value is -1.97. The van der Waals surface area contributed by atoms with Gasteiger partial charge in [-0.3, -0.25) is 0 Å². The Morgan fingerprint density at radius 2 is 1.69 bits per heavy atom. The highest BCUT2D eigenvalue weighted by molar-refractivity contribution is 7.90. The van der Waals surface area contributed by atoms with E-state index in [4.69, 9.17) is 0 Å².